The van der Waals surface area contributed by atoms with Crippen LogP contribution in [0.2, 0.25) is 0 Å². The Kier molecular flexibility index (Phi) is 6.18. The molecule has 0 aliphatic rings. The van der Waals surface area contributed by atoms with Crippen LogP contribution < -0.4 is 4.72 Å². The molecule has 0 radical (unpaired) electrons. The van der Waals surface area contributed by atoms with Crippen molar-refractivity contribution >= 4 is 10.0 Å². The summed E-state index contributed by atoms with van der Waals surface area (Å²) >= 11 is 0. The zero-order chi connectivity index (χ0) is 15.2. The van der Waals surface area contributed by atoms with E-state index in [4.69, 9.17) is 5.26 Å². The molecule has 0 bridgehead atoms. The lowest BCUT2D eigenvalue weighted by Crippen LogP contribution is -2.33. The lowest BCUT2D eigenvalue weighted by molar-refractivity contribution is 0.485. The van der Waals surface area contributed by atoms with Crippen molar-refractivity contribution < 1.29 is 8.42 Å². The largest absolute Gasteiger partial charge is 0.216 e. The molecule has 4 nitrogen and oxygen atoms in total. The number of benzene rings is 1. The summed E-state index contributed by atoms with van der Waals surface area (Å²) in [5, 5.41) is 8.98. The van der Waals surface area contributed by atoms with Crippen molar-refractivity contribution in [3.63, 3.8) is 0 Å². The van der Waals surface area contributed by atoms with Gasteiger partial charge in [-0.25, -0.2) is 13.1 Å². The van der Waals surface area contributed by atoms with Gasteiger partial charge >= 0.3 is 0 Å². The molecule has 0 aromatic heterocycles. The monoisotopic (exact) mass is 294 g/mol. The van der Waals surface area contributed by atoms with Gasteiger partial charge in [0.25, 0.3) is 0 Å². The summed E-state index contributed by atoms with van der Waals surface area (Å²) in [6, 6.07) is 8.72. The van der Waals surface area contributed by atoms with E-state index < -0.39 is 10.0 Å². The highest BCUT2D eigenvalue weighted by Crippen LogP contribution is 2.12. The SMILES string of the molecule is CC(C)CCC(C)NS(=O)(=O)Cc1ccccc1C#N. The van der Waals surface area contributed by atoms with E-state index in [0.29, 0.717) is 17.0 Å². The van der Waals surface area contributed by atoms with Crippen molar-refractivity contribution in [2.24, 2.45) is 5.92 Å². The van der Waals surface area contributed by atoms with Gasteiger partial charge in [-0.05, 0) is 37.3 Å². The van der Waals surface area contributed by atoms with Gasteiger partial charge in [-0.2, -0.15) is 5.26 Å². The smallest absolute Gasteiger partial charge is 0.212 e. The number of hydrogen-bond donors (Lipinski definition) is 1. The molecule has 1 aromatic carbocycles. The Bertz CT molecular complexity index is 574. The predicted molar refractivity (Wildman–Crippen MR) is 80.5 cm³/mol. The molecule has 0 spiro atoms. The maximum Gasteiger partial charge on any atom is 0.216 e. The average molecular weight is 294 g/mol. The van der Waals surface area contributed by atoms with Gasteiger partial charge in [0, 0.05) is 6.04 Å². The molecule has 110 valence electrons. The summed E-state index contributed by atoms with van der Waals surface area (Å²) in [6.07, 6.45) is 1.80. The standard InChI is InChI=1S/C15H22N2O2S/c1-12(2)8-9-13(3)17-20(18,19)11-15-7-5-4-6-14(15)10-16/h4-7,12-13,17H,8-9,11H2,1-3H3. The van der Waals surface area contributed by atoms with Crippen molar-refractivity contribution in [3.05, 3.63) is 35.4 Å². The molecular formula is C15H22N2O2S. The van der Waals surface area contributed by atoms with Crippen LogP contribution in [0.4, 0.5) is 0 Å². The highest BCUT2D eigenvalue weighted by molar-refractivity contribution is 7.88. The third kappa shape index (κ3) is 5.72. The van der Waals surface area contributed by atoms with Crippen molar-refractivity contribution in [2.75, 3.05) is 0 Å². The quantitative estimate of drug-likeness (QED) is 0.840. The molecule has 0 aliphatic carbocycles. The van der Waals surface area contributed by atoms with Gasteiger partial charge in [0.2, 0.25) is 10.0 Å². The van der Waals surface area contributed by atoms with Crippen molar-refractivity contribution in [1.29, 1.82) is 5.26 Å². The van der Waals surface area contributed by atoms with E-state index in [0.717, 1.165) is 12.8 Å². The van der Waals surface area contributed by atoms with E-state index in [1.165, 1.54) is 0 Å². The zero-order valence-corrected chi connectivity index (χ0v) is 13.1. The first-order valence-electron chi connectivity index (χ1n) is 6.82. The Morgan fingerprint density at radius 3 is 2.45 bits per heavy atom. The van der Waals surface area contributed by atoms with E-state index in [1.807, 2.05) is 13.0 Å². The van der Waals surface area contributed by atoms with E-state index >= 15 is 0 Å². The minimum absolute atomic E-state index is 0.0864. The first-order valence-corrected chi connectivity index (χ1v) is 8.47. The fourth-order valence-electron chi connectivity index (χ4n) is 1.95. The van der Waals surface area contributed by atoms with E-state index in [1.54, 1.807) is 24.3 Å². The molecule has 1 aromatic rings. The summed E-state index contributed by atoms with van der Waals surface area (Å²) in [5.41, 5.74) is 0.950. The molecule has 0 heterocycles. The van der Waals surface area contributed by atoms with Crippen LogP contribution in [-0.4, -0.2) is 14.5 Å². The maximum atomic E-state index is 12.1. The zero-order valence-electron chi connectivity index (χ0n) is 12.3. The molecule has 0 fully saturated rings. The highest BCUT2D eigenvalue weighted by Gasteiger charge is 2.17. The number of sulfonamides is 1. The number of nitrogens with zero attached hydrogens (tertiary/aromatic N) is 1. The normalized spacial score (nSPS) is 13.2. The Morgan fingerprint density at radius 2 is 1.85 bits per heavy atom. The van der Waals surface area contributed by atoms with Gasteiger partial charge in [-0.3, -0.25) is 0 Å². The van der Waals surface area contributed by atoms with Crippen molar-refractivity contribution in [3.8, 4) is 6.07 Å². The Hall–Kier alpha value is -1.38. The fourth-order valence-corrected chi connectivity index (χ4v) is 3.43. The first kappa shape index (κ1) is 16.7. The fraction of sp³-hybridized carbons (Fsp3) is 0.533. The van der Waals surface area contributed by atoms with Crippen LogP contribution in [-0.2, 0) is 15.8 Å². The topological polar surface area (TPSA) is 70.0 Å². The highest BCUT2D eigenvalue weighted by atomic mass is 32.2. The second-order valence-corrected chi connectivity index (χ2v) is 7.27. The third-order valence-electron chi connectivity index (χ3n) is 3.04. The summed E-state index contributed by atoms with van der Waals surface area (Å²) in [5.74, 6) is 0.407. The Morgan fingerprint density at radius 1 is 1.20 bits per heavy atom. The number of nitrogens with one attached hydrogen (secondary N) is 1. The van der Waals surface area contributed by atoms with E-state index in [2.05, 4.69) is 18.6 Å². The molecule has 0 aliphatic heterocycles. The molecular weight excluding hydrogens is 272 g/mol. The number of rotatable bonds is 7. The lowest BCUT2D eigenvalue weighted by atomic mass is 10.1. The number of hydrogen-bond acceptors (Lipinski definition) is 3. The molecule has 5 heteroatoms. The van der Waals surface area contributed by atoms with Crippen LogP contribution in [0.1, 0.15) is 44.7 Å². The van der Waals surface area contributed by atoms with Crippen LogP contribution in [0, 0.1) is 17.2 Å². The summed E-state index contributed by atoms with van der Waals surface area (Å²) in [4.78, 5) is 0. The molecule has 0 amide bonds. The first-order chi connectivity index (χ1) is 9.34. The van der Waals surface area contributed by atoms with Crippen molar-refractivity contribution in [1.82, 2.24) is 4.72 Å². The molecule has 0 saturated carbocycles. The van der Waals surface area contributed by atoms with Gasteiger partial charge in [-0.15, -0.1) is 0 Å². The average Bonchev–Trinajstić information content (AvgIpc) is 2.36. The minimum Gasteiger partial charge on any atom is -0.212 e. The summed E-state index contributed by atoms with van der Waals surface area (Å²) in [6.45, 7) is 6.10. The van der Waals surface area contributed by atoms with Crippen LogP contribution in [0.5, 0.6) is 0 Å². The lowest BCUT2D eigenvalue weighted by Gasteiger charge is -2.15. The molecule has 1 rings (SSSR count). The van der Waals surface area contributed by atoms with Gasteiger partial charge < -0.3 is 0 Å². The second-order valence-electron chi connectivity index (χ2n) is 5.52. The summed E-state index contributed by atoms with van der Waals surface area (Å²) in [7, 11) is -3.42. The van der Waals surface area contributed by atoms with Gasteiger partial charge in [0.15, 0.2) is 0 Å². The van der Waals surface area contributed by atoms with Gasteiger partial charge in [-0.1, -0.05) is 32.0 Å². The van der Waals surface area contributed by atoms with Crippen LogP contribution in [0.15, 0.2) is 24.3 Å². The Labute approximate surface area is 121 Å². The van der Waals surface area contributed by atoms with Gasteiger partial charge in [0.1, 0.15) is 0 Å². The predicted octanol–water partition coefficient (Wildman–Crippen LogP) is 2.80. The molecule has 1 atom stereocenters. The molecule has 1 unspecified atom stereocenters. The van der Waals surface area contributed by atoms with Gasteiger partial charge in [0.05, 0.1) is 17.4 Å². The van der Waals surface area contributed by atoms with E-state index in [9.17, 15) is 8.42 Å². The minimum atomic E-state index is -3.42. The maximum absolute atomic E-state index is 12.1. The Balaban J connectivity index is 2.68. The second kappa shape index (κ2) is 7.41. The van der Waals surface area contributed by atoms with Crippen molar-refractivity contribution in [2.45, 2.75) is 45.4 Å². The number of nitriles is 1. The molecule has 20 heavy (non-hydrogen) atoms. The third-order valence-corrected chi connectivity index (χ3v) is 4.49. The van der Waals surface area contributed by atoms with E-state index in [-0.39, 0.29) is 11.8 Å². The van der Waals surface area contributed by atoms with Crippen LogP contribution in [0.25, 0.3) is 0 Å². The summed E-state index contributed by atoms with van der Waals surface area (Å²) < 4.78 is 26.9. The van der Waals surface area contributed by atoms with Crippen LogP contribution in [0.3, 0.4) is 0 Å². The molecule has 0 saturated heterocycles. The molecule has 1 N–H and O–H groups in total. The van der Waals surface area contributed by atoms with Crippen LogP contribution >= 0.6 is 0 Å².